The monoisotopic (exact) mass is 273 g/mol. The second-order valence-electron chi connectivity index (χ2n) is 4.61. The molecule has 1 N–H and O–H groups in total. The minimum atomic E-state index is 0.239. The summed E-state index contributed by atoms with van der Waals surface area (Å²) < 4.78 is 0. The van der Waals surface area contributed by atoms with Gasteiger partial charge in [0.15, 0.2) is 0 Å². The summed E-state index contributed by atoms with van der Waals surface area (Å²) in [5.41, 5.74) is 1.32. The number of hydrogen-bond donors (Lipinski definition) is 1. The zero-order chi connectivity index (χ0) is 12.9. The quantitative estimate of drug-likeness (QED) is 0.801. The maximum absolute atomic E-state index is 6.24. The number of halogens is 2. The Morgan fingerprint density at radius 1 is 1.12 bits per heavy atom. The van der Waals surface area contributed by atoms with E-state index in [-0.39, 0.29) is 5.41 Å². The predicted octanol–water partition coefficient (Wildman–Crippen LogP) is 4.56. The molecule has 0 radical (unpaired) electrons. The van der Waals surface area contributed by atoms with E-state index >= 15 is 0 Å². The van der Waals surface area contributed by atoms with Gasteiger partial charge in [-0.3, -0.25) is 0 Å². The molecule has 0 saturated heterocycles. The summed E-state index contributed by atoms with van der Waals surface area (Å²) in [4.78, 5) is 0. The van der Waals surface area contributed by atoms with E-state index in [0.717, 1.165) is 41.4 Å². The average Bonchev–Trinajstić information content (AvgIpc) is 2.33. The summed E-state index contributed by atoms with van der Waals surface area (Å²) in [5, 5.41) is 4.84. The smallest absolute Gasteiger partial charge is 0.0453 e. The third-order valence-corrected chi connectivity index (χ3v) is 4.37. The van der Waals surface area contributed by atoms with E-state index in [1.54, 1.807) is 0 Å². The van der Waals surface area contributed by atoms with Gasteiger partial charge < -0.3 is 5.32 Å². The van der Waals surface area contributed by atoms with Crippen molar-refractivity contribution in [3.63, 3.8) is 0 Å². The fourth-order valence-electron chi connectivity index (χ4n) is 2.26. The second kappa shape index (κ2) is 6.63. The van der Waals surface area contributed by atoms with Crippen molar-refractivity contribution in [3.8, 4) is 0 Å². The van der Waals surface area contributed by atoms with Crippen LogP contribution in [0.1, 0.15) is 32.3 Å². The molecule has 0 aliphatic heterocycles. The second-order valence-corrected chi connectivity index (χ2v) is 5.43. The Bertz CT molecular complexity index is 339. The van der Waals surface area contributed by atoms with E-state index in [1.165, 1.54) is 0 Å². The molecule has 0 aliphatic rings. The van der Waals surface area contributed by atoms with Crippen LogP contribution in [0.5, 0.6) is 0 Å². The number of nitrogens with one attached hydrogen (secondary N) is 1. The van der Waals surface area contributed by atoms with E-state index < -0.39 is 0 Å². The Morgan fingerprint density at radius 3 is 2.06 bits per heavy atom. The maximum atomic E-state index is 6.24. The van der Waals surface area contributed by atoms with Gasteiger partial charge in [0.05, 0.1) is 0 Å². The SMILES string of the molecule is CCC(CC)(CNC)Cc1c(Cl)cccc1Cl. The van der Waals surface area contributed by atoms with Crippen LogP contribution in [-0.2, 0) is 6.42 Å². The Morgan fingerprint density at radius 2 is 1.65 bits per heavy atom. The highest BCUT2D eigenvalue weighted by atomic mass is 35.5. The number of rotatable bonds is 6. The summed E-state index contributed by atoms with van der Waals surface area (Å²) in [6.07, 6.45) is 3.16. The molecular weight excluding hydrogens is 253 g/mol. The molecule has 0 spiro atoms. The van der Waals surface area contributed by atoms with Crippen molar-refractivity contribution in [2.45, 2.75) is 33.1 Å². The molecule has 0 aromatic heterocycles. The van der Waals surface area contributed by atoms with Crippen molar-refractivity contribution in [1.82, 2.24) is 5.32 Å². The molecule has 1 aromatic carbocycles. The van der Waals surface area contributed by atoms with Crippen LogP contribution in [0.15, 0.2) is 18.2 Å². The fraction of sp³-hybridized carbons (Fsp3) is 0.571. The van der Waals surface area contributed by atoms with Gasteiger partial charge in [-0.05, 0) is 49.4 Å². The molecule has 0 aliphatic carbocycles. The standard InChI is InChI=1S/C14H21Cl2N/c1-4-14(5-2,10-17-3)9-11-12(15)7-6-8-13(11)16/h6-8,17H,4-5,9-10H2,1-3H3. The zero-order valence-corrected chi connectivity index (χ0v) is 12.3. The first-order valence-electron chi connectivity index (χ1n) is 6.16. The third-order valence-electron chi connectivity index (χ3n) is 3.67. The van der Waals surface area contributed by atoms with Crippen LogP contribution in [0.2, 0.25) is 10.0 Å². The Balaban J connectivity index is 3.01. The first-order chi connectivity index (χ1) is 8.08. The number of hydrogen-bond acceptors (Lipinski definition) is 1. The first kappa shape index (κ1) is 14.8. The van der Waals surface area contributed by atoms with Crippen molar-refractivity contribution in [2.75, 3.05) is 13.6 Å². The number of benzene rings is 1. The lowest BCUT2D eigenvalue weighted by molar-refractivity contribution is 0.253. The van der Waals surface area contributed by atoms with Crippen LogP contribution in [-0.4, -0.2) is 13.6 Å². The Kier molecular flexibility index (Phi) is 5.78. The van der Waals surface area contributed by atoms with Gasteiger partial charge in [-0.2, -0.15) is 0 Å². The lowest BCUT2D eigenvalue weighted by atomic mass is 9.77. The zero-order valence-electron chi connectivity index (χ0n) is 10.8. The van der Waals surface area contributed by atoms with Crippen LogP contribution < -0.4 is 5.32 Å². The van der Waals surface area contributed by atoms with Gasteiger partial charge in [-0.1, -0.05) is 43.1 Å². The minimum Gasteiger partial charge on any atom is -0.319 e. The van der Waals surface area contributed by atoms with Crippen LogP contribution in [0.25, 0.3) is 0 Å². The van der Waals surface area contributed by atoms with Crippen molar-refractivity contribution < 1.29 is 0 Å². The fourth-order valence-corrected chi connectivity index (χ4v) is 2.79. The van der Waals surface area contributed by atoms with Gasteiger partial charge in [0.25, 0.3) is 0 Å². The van der Waals surface area contributed by atoms with Crippen LogP contribution in [0.4, 0.5) is 0 Å². The molecule has 1 rings (SSSR count). The van der Waals surface area contributed by atoms with Crippen molar-refractivity contribution in [3.05, 3.63) is 33.8 Å². The molecule has 1 aromatic rings. The Hall–Kier alpha value is -0.240. The summed E-state index contributed by atoms with van der Waals surface area (Å²) in [6.45, 7) is 5.44. The molecule has 17 heavy (non-hydrogen) atoms. The van der Waals surface area contributed by atoms with E-state index in [2.05, 4.69) is 19.2 Å². The Labute approximate surface area is 115 Å². The van der Waals surface area contributed by atoms with Gasteiger partial charge in [0.2, 0.25) is 0 Å². The largest absolute Gasteiger partial charge is 0.319 e. The molecule has 1 nitrogen and oxygen atoms in total. The summed E-state index contributed by atoms with van der Waals surface area (Å²) in [5.74, 6) is 0. The van der Waals surface area contributed by atoms with Gasteiger partial charge >= 0.3 is 0 Å². The third kappa shape index (κ3) is 3.61. The highest BCUT2D eigenvalue weighted by Gasteiger charge is 2.27. The molecule has 96 valence electrons. The van der Waals surface area contributed by atoms with Gasteiger partial charge in [-0.15, -0.1) is 0 Å². The molecule has 3 heteroatoms. The van der Waals surface area contributed by atoms with Crippen molar-refractivity contribution in [1.29, 1.82) is 0 Å². The maximum Gasteiger partial charge on any atom is 0.0453 e. The van der Waals surface area contributed by atoms with E-state index in [4.69, 9.17) is 23.2 Å². The highest BCUT2D eigenvalue weighted by molar-refractivity contribution is 6.36. The summed E-state index contributed by atoms with van der Waals surface area (Å²) >= 11 is 12.5. The van der Waals surface area contributed by atoms with Crippen LogP contribution in [0.3, 0.4) is 0 Å². The molecule has 0 heterocycles. The molecule has 0 fully saturated rings. The summed E-state index contributed by atoms with van der Waals surface area (Å²) in [7, 11) is 1.99. The highest BCUT2D eigenvalue weighted by Crippen LogP contribution is 2.35. The molecule has 0 unspecified atom stereocenters. The molecular formula is C14H21Cl2N. The van der Waals surface area contributed by atoms with Gasteiger partial charge in [0, 0.05) is 16.6 Å². The molecule has 0 atom stereocenters. The van der Waals surface area contributed by atoms with Crippen molar-refractivity contribution in [2.24, 2.45) is 5.41 Å². The first-order valence-corrected chi connectivity index (χ1v) is 6.91. The molecule has 0 saturated carbocycles. The van der Waals surface area contributed by atoms with E-state index in [0.29, 0.717) is 0 Å². The molecule has 0 bridgehead atoms. The van der Waals surface area contributed by atoms with Crippen LogP contribution in [0, 0.1) is 5.41 Å². The van der Waals surface area contributed by atoms with E-state index in [9.17, 15) is 0 Å². The average molecular weight is 274 g/mol. The van der Waals surface area contributed by atoms with Crippen LogP contribution >= 0.6 is 23.2 Å². The topological polar surface area (TPSA) is 12.0 Å². The lowest BCUT2D eigenvalue weighted by Gasteiger charge is -2.32. The summed E-state index contributed by atoms with van der Waals surface area (Å²) in [6, 6.07) is 5.72. The van der Waals surface area contributed by atoms with Gasteiger partial charge in [-0.25, -0.2) is 0 Å². The minimum absolute atomic E-state index is 0.239. The van der Waals surface area contributed by atoms with Crippen molar-refractivity contribution >= 4 is 23.2 Å². The lowest BCUT2D eigenvalue weighted by Crippen LogP contribution is -2.33. The van der Waals surface area contributed by atoms with E-state index in [1.807, 2.05) is 25.2 Å². The molecule has 0 amide bonds. The normalized spacial score (nSPS) is 11.8. The van der Waals surface area contributed by atoms with Gasteiger partial charge in [0.1, 0.15) is 0 Å². The predicted molar refractivity (Wildman–Crippen MR) is 77.1 cm³/mol.